The fourth-order valence-corrected chi connectivity index (χ4v) is 2.91. The van der Waals surface area contributed by atoms with E-state index in [0.717, 1.165) is 10.7 Å². The van der Waals surface area contributed by atoms with Gasteiger partial charge in [0.05, 0.1) is 12.7 Å². The molecule has 30 heavy (non-hydrogen) atoms. The van der Waals surface area contributed by atoms with Crippen LogP contribution < -0.4 is 15.6 Å². The Morgan fingerprint density at radius 2 is 2.03 bits per heavy atom. The third-order valence-electron chi connectivity index (χ3n) is 4.22. The molecule has 0 saturated carbocycles. The summed E-state index contributed by atoms with van der Waals surface area (Å²) in [5.41, 5.74) is -1.04. The molecule has 152 valence electrons. The maximum atomic E-state index is 12.7. The van der Waals surface area contributed by atoms with E-state index in [9.17, 15) is 24.8 Å². The molecule has 0 spiro atoms. The molecular weight excluding hydrogens is 392 g/mol. The van der Waals surface area contributed by atoms with Gasteiger partial charge in [-0.3, -0.25) is 19.7 Å². The van der Waals surface area contributed by atoms with Crippen molar-refractivity contribution in [3.05, 3.63) is 63.3 Å². The Labute approximate surface area is 169 Å². The highest BCUT2D eigenvalue weighted by molar-refractivity contribution is 6.06. The van der Waals surface area contributed by atoms with Crippen LogP contribution in [0.2, 0.25) is 0 Å². The number of rotatable bonds is 5. The smallest absolute Gasteiger partial charge is 0.282 e. The number of hydrogen-bond acceptors (Lipinski definition) is 8. The second kappa shape index (κ2) is 7.92. The summed E-state index contributed by atoms with van der Waals surface area (Å²) in [7, 11) is 1.41. The number of hydrogen-bond donors (Lipinski definition) is 2. The minimum absolute atomic E-state index is 0.0453. The molecule has 0 aliphatic carbocycles. The number of nitriles is 1. The van der Waals surface area contributed by atoms with Crippen molar-refractivity contribution in [1.29, 1.82) is 5.26 Å². The van der Waals surface area contributed by atoms with E-state index in [2.05, 4.69) is 10.4 Å². The second-order valence-electron chi connectivity index (χ2n) is 6.16. The van der Waals surface area contributed by atoms with E-state index in [1.54, 1.807) is 24.3 Å². The number of Topliss-reactive ketones (excluding diaryl/α,β-unsaturated/α-hetero) is 1. The lowest BCUT2D eigenvalue weighted by Gasteiger charge is -2.11. The molecule has 0 fully saturated rings. The number of carbonyl (C=O) groups is 2. The van der Waals surface area contributed by atoms with Crippen molar-refractivity contribution in [2.75, 3.05) is 12.4 Å². The Bertz CT molecular complexity index is 1270. The number of para-hydroxylation sites is 2. The zero-order valence-corrected chi connectivity index (χ0v) is 16.2. The summed E-state index contributed by atoms with van der Waals surface area (Å²) in [6.45, 7) is 2.74. The van der Waals surface area contributed by atoms with E-state index in [4.69, 9.17) is 9.15 Å². The minimum Gasteiger partial charge on any atom is -0.505 e. The molecule has 1 amide bonds. The number of methoxy groups -OCH3 is 1. The predicted octanol–water partition coefficient (Wildman–Crippen LogP) is 2.17. The van der Waals surface area contributed by atoms with Crippen molar-refractivity contribution >= 4 is 17.6 Å². The summed E-state index contributed by atoms with van der Waals surface area (Å²) in [5.74, 6) is -1.80. The molecule has 0 aliphatic heterocycles. The Hall–Kier alpha value is -4.39. The van der Waals surface area contributed by atoms with Gasteiger partial charge in [-0.15, -0.1) is 0 Å². The zero-order valence-electron chi connectivity index (χ0n) is 16.2. The van der Waals surface area contributed by atoms with E-state index in [1.165, 1.54) is 21.0 Å². The molecule has 10 heteroatoms. The SMILES string of the molecule is COc1ccccc1-n1nc(C(=O)Nc2oc(C)c(C(C)=O)c2C#N)c(O)cc1=O. The fourth-order valence-electron chi connectivity index (χ4n) is 2.91. The summed E-state index contributed by atoms with van der Waals surface area (Å²) >= 11 is 0. The van der Waals surface area contributed by atoms with E-state index < -0.39 is 28.7 Å². The van der Waals surface area contributed by atoms with Crippen LogP contribution in [-0.2, 0) is 0 Å². The molecule has 0 bridgehead atoms. The van der Waals surface area contributed by atoms with Crippen LogP contribution in [-0.4, -0.2) is 33.7 Å². The number of amides is 1. The van der Waals surface area contributed by atoms with Gasteiger partial charge in [-0.05, 0) is 26.0 Å². The first kappa shape index (κ1) is 20.3. The molecule has 0 saturated heterocycles. The Kier molecular flexibility index (Phi) is 5.37. The molecule has 0 aliphatic rings. The Morgan fingerprint density at radius 3 is 2.67 bits per heavy atom. The average Bonchev–Trinajstić information content (AvgIpc) is 3.02. The van der Waals surface area contributed by atoms with Gasteiger partial charge in [0.25, 0.3) is 11.5 Å². The summed E-state index contributed by atoms with van der Waals surface area (Å²) in [6, 6.07) is 9.13. The van der Waals surface area contributed by atoms with E-state index in [-0.39, 0.29) is 28.5 Å². The van der Waals surface area contributed by atoms with Gasteiger partial charge in [-0.25, -0.2) is 0 Å². The summed E-state index contributed by atoms with van der Waals surface area (Å²) in [4.78, 5) is 36.8. The van der Waals surface area contributed by atoms with Gasteiger partial charge < -0.3 is 14.3 Å². The maximum absolute atomic E-state index is 12.7. The Morgan fingerprint density at radius 1 is 1.33 bits per heavy atom. The van der Waals surface area contributed by atoms with Gasteiger partial charge in [-0.1, -0.05) is 12.1 Å². The van der Waals surface area contributed by atoms with Crippen LogP contribution in [0.4, 0.5) is 5.88 Å². The van der Waals surface area contributed by atoms with Crippen molar-refractivity contribution in [2.45, 2.75) is 13.8 Å². The van der Waals surface area contributed by atoms with Gasteiger partial charge in [-0.2, -0.15) is 15.0 Å². The highest BCUT2D eigenvalue weighted by Gasteiger charge is 2.25. The van der Waals surface area contributed by atoms with Crippen LogP contribution in [0.3, 0.4) is 0 Å². The predicted molar refractivity (Wildman–Crippen MR) is 104 cm³/mol. The second-order valence-corrected chi connectivity index (χ2v) is 6.16. The third kappa shape index (κ3) is 3.51. The summed E-state index contributed by atoms with van der Waals surface area (Å²) < 4.78 is 11.4. The van der Waals surface area contributed by atoms with E-state index in [1.807, 2.05) is 6.07 Å². The van der Waals surface area contributed by atoms with Crippen LogP contribution >= 0.6 is 0 Å². The van der Waals surface area contributed by atoms with E-state index in [0.29, 0.717) is 5.75 Å². The molecule has 2 aromatic heterocycles. The fraction of sp³-hybridized carbons (Fsp3) is 0.150. The van der Waals surface area contributed by atoms with Gasteiger partial charge >= 0.3 is 0 Å². The number of benzene rings is 1. The van der Waals surface area contributed by atoms with Crippen molar-refractivity contribution < 1.29 is 23.8 Å². The number of ketones is 1. The highest BCUT2D eigenvalue weighted by atomic mass is 16.5. The number of aryl methyl sites for hydroxylation is 1. The number of anilines is 1. The van der Waals surface area contributed by atoms with Gasteiger partial charge in [0.2, 0.25) is 5.88 Å². The minimum atomic E-state index is -0.948. The number of ether oxygens (including phenoxy) is 1. The van der Waals surface area contributed by atoms with Crippen molar-refractivity contribution in [3.63, 3.8) is 0 Å². The molecular formula is C20H16N4O6. The van der Waals surface area contributed by atoms with E-state index >= 15 is 0 Å². The van der Waals surface area contributed by atoms with Crippen LogP contribution in [0.15, 0.2) is 39.5 Å². The third-order valence-corrected chi connectivity index (χ3v) is 4.22. The molecule has 2 N–H and O–H groups in total. The topological polar surface area (TPSA) is 147 Å². The molecule has 0 atom stereocenters. The first-order valence-electron chi connectivity index (χ1n) is 8.61. The molecule has 2 heterocycles. The van der Waals surface area contributed by atoms with Crippen molar-refractivity contribution in [1.82, 2.24) is 9.78 Å². The molecule has 0 radical (unpaired) electrons. The average molecular weight is 408 g/mol. The van der Waals surface area contributed by atoms with Gasteiger partial charge in [0.1, 0.15) is 28.8 Å². The number of nitrogens with zero attached hydrogens (tertiary/aromatic N) is 3. The molecule has 10 nitrogen and oxygen atoms in total. The molecule has 3 aromatic rings. The van der Waals surface area contributed by atoms with Crippen molar-refractivity contribution in [2.24, 2.45) is 0 Å². The number of aromatic hydroxyl groups is 1. The molecule has 3 rings (SSSR count). The summed E-state index contributed by atoms with van der Waals surface area (Å²) in [6.07, 6.45) is 0. The lowest BCUT2D eigenvalue weighted by molar-refractivity contribution is 0.100. The summed E-state index contributed by atoms with van der Waals surface area (Å²) in [5, 5.41) is 25.7. The largest absolute Gasteiger partial charge is 0.505 e. The number of carbonyl (C=O) groups excluding carboxylic acids is 2. The van der Waals surface area contributed by atoms with Crippen LogP contribution in [0.1, 0.15) is 39.1 Å². The monoisotopic (exact) mass is 408 g/mol. The van der Waals surface area contributed by atoms with Crippen LogP contribution in [0.25, 0.3) is 5.69 Å². The molecule has 0 unspecified atom stereocenters. The zero-order chi connectivity index (χ0) is 22.0. The normalized spacial score (nSPS) is 10.3. The Balaban J connectivity index is 2.07. The maximum Gasteiger partial charge on any atom is 0.282 e. The number of nitrogens with one attached hydrogen (secondary N) is 1. The van der Waals surface area contributed by atoms with Crippen LogP contribution in [0.5, 0.6) is 11.5 Å². The van der Waals surface area contributed by atoms with Gasteiger partial charge in [0, 0.05) is 6.07 Å². The van der Waals surface area contributed by atoms with Gasteiger partial charge in [0.15, 0.2) is 17.2 Å². The van der Waals surface area contributed by atoms with Crippen LogP contribution in [0, 0.1) is 18.3 Å². The number of furan rings is 1. The highest BCUT2D eigenvalue weighted by Crippen LogP contribution is 2.28. The first-order valence-corrected chi connectivity index (χ1v) is 8.61. The quantitative estimate of drug-likeness (QED) is 0.610. The lowest BCUT2D eigenvalue weighted by Crippen LogP contribution is -2.25. The first-order chi connectivity index (χ1) is 14.3. The number of aromatic nitrogens is 2. The molecule has 1 aromatic carbocycles. The lowest BCUT2D eigenvalue weighted by atomic mass is 10.1. The van der Waals surface area contributed by atoms with Crippen molar-refractivity contribution in [3.8, 4) is 23.3 Å². The standard InChI is InChI=1S/C20H16N4O6/c1-10(25)17-11(2)30-20(12(17)9-21)22-19(28)18-14(26)8-16(27)24(23-18)13-6-4-5-7-15(13)29-3/h4-8,26H,1-3H3,(H,22,28).